The second kappa shape index (κ2) is 8.92. The molecule has 0 bridgehead atoms. The summed E-state index contributed by atoms with van der Waals surface area (Å²) >= 11 is 0. The summed E-state index contributed by atoms with van der Waals surface area (Å²) < 4.78 is 5.59. The molecule has 4 heteroatoms. The average molecular weight is 336 g/mol. The Morgan fingerprint density at radius 1 is 1.24 bits per heavy atom. The molecule has 0 radical (unpaired) electrons. The number of benzene rings is 1. The van der Waals surface area contributed by atoms with Gasteiger partial charge in [0.05, 0.1) is 0 Å². The first kappa shape index (κ1) is 18.6. The summed E-state index contributed by atoms with van der Waals surface area (Å²) in [5.74, 6) is 0.0968. The number of carbonyl (C=O) groups excluding carboxylic acids is 1. The van der Waals surface area contributed by atoms with Crippen molar-refractivity contribution in [3.05, 3.63) is 71.5 Å². The molecule has 25 heavy (non-hydrogen) atoms. The van der Waals surface area contributed by atoms with Gasteiger partial charge in [0.25, 0.3) is 0 Å². The molecule has 0 unspecified atom stereocenters. The lowest BCUT2D eigenvalue weighted by molar-refractivity contribution is -0.111. The van der Waals surface area contributed by atoms with E-state index >= 15 is 0 Å². The second-order valence-electron chi connectivity index (χ2n) is 6.18. The predicted molar refractivity (Wildman–Crippen MR) is 102 cm³/mol. The highest BCUT2D eigenvalue weighted by Crippen LogP contribution is 2.20. The molecule has 0 spiro atoms. The molecule has 1 aliphatic carbocycles. The first-order chi connectivity index (χ1) is 12.0. The Bertz CT molecular complexity index is 755. The van der Waals surface area contributed by atoms with Crippen molar-refractivity contribution in [2.75, 3.05) is 0 Å². The molecule has 1 N–H and O–H groups in total. The number of nitrogens with one attached hydrogen (secondary N) is 1. The van der Waals surface area contributed by atoms with E-state index in [1.165, 1.54) is 12.5 Å². The van der Waals surface area contributed by atoms with Crippen LogP contribution in [0.1, 0.15) is 38.7 Å². The Balaban J connectivity index is 2.00. The molecule has 1 aromatic rings. The van der Waals surface area contributed by atoms with Gasteiger partial charge in [-0.25, -0.2) is 4.99 Å². The van der Waals surface area contributed by atoms with Crippen LogP contribution < -0.4 is 0 Å². The van der Waals surface area contributed by atoms with E-state index in [2.05, 4.69) is 24.6 Å². The molecule has 2 rings (SSSR count). The van der Waals surface area contributed by atoms with Crippen molar-refractivity contribution in [3.63, 3.8) is 0 Å². The van der Waals surface area contributed by atoms with Gasteiger partial charge in [-0.3, -0.25) is 10.2 Å². The number of rotatable bonds is 7. The van der Waals surface area contributed by atoms with Gasteiger partial charge in [0.1, 0.15) is 23.9 Å². The molecule has 0 heterocycles. The van der Waals surface area contributed by atoms with Crippen molar-refractivity contribution in [2.24, 2.45) is 4.99 Å². The molecule has 0 amide bonds. The number of amidine groups is 1. The third kappa shape index (κ3) is 5.99. The number of ketones is 1. The highest BCUT2D eigenvalue weighted by atomic mass is 16.5. The lowest BCUT2D eigenvalue weighted by atomic mass is 9.97. The zero-order chi connectivity index (χ0) is 18.2. The molecular weight excluding hydrogens is 312 g/mol. The van der Waals surface area contributed by atoms with E-state index < -0.39 is 0 Å². The number of hydrogen-bond acceptors (Lipinski definition) is 3. The molecule has 0 atom stereocenters. The molecule has 1 aromatic carbocycles. The van der Waals surface area contributed by atoms with Crippen molar-refractivity contribution in [3.8, 4) is 0 Å². The third-order valence-electron chi connectivity index (χ3n) is 3.94. The molecule has 130 valence electrons. The average Bonchev–Trinajstić information content (AvgIpc) is 2.60. The van der Waals surface area contributed by atoms with Crippen molar-refractivity contribution >= 4 is 17.3 Å². The van der Waals surface area contributed by atoms with Crippen molar-refractivity contribution in [1.29, 1.82) is 5.41 Å². The third-order valence-corrected chi connectivity index (χ3v) is 3.94. The van der Waals surface area contributed by atoms with Gasteiger partial charge in [-0.2, -0.15) is 0 Å². The molecule has 0 aromatic heterocycles. The Morgan fingerprint density at radius 2 is 1.96 bits per heavy atom. The van der Waals surface area contributed by atoms with Gasteiger partial charge < -0.3 is 4.74 Å². The second-order valence-corrected chi connectivity index (χ2v) is 6.18. The Hall–Kier alpha value is -2.75. The maximum atomic E-state index is 11.9. The summed E-state index contributed by atoms with van der Waals surface area (Å²) in [4.78, 5) is 16.0. The van der Waals surface area contributed by atoms with Gasteiger partial charge in [-0.1, -0.05) is 60.2 Å². The number of aliphatic imine (C=N–C) groups is 1. The topological polar surface area (TPSA) is 62.5 Å². The van der Waals surface area contributed by atoms with Gasteiger partial charge in [0.15, 0.2) is 5.78 Å². The summed E-state index contributed by atoms with van der Waals surface area (Å²) in [6.07, 6.45) is 6.49. The van der Waals surface area contributed by atoms with E-state index in [-0.39, 0.29) is 23.1 Å². The minimum absolute atomic E-state index is 0.115. The Kier molecular flexibility index (Phi) is 6.63. The highest BCUT2D eigenvalue weighted by Gasteiger charge is 2.14. The van der Waals surface area contributed by atoms with E-state index in [0.717, 1.165) is 24.0 Å². The zero-order valence-corrected chi connectivity index (χ0v) is 14.8. The Morgan fingerprint density at radius 3 is 2.56 bits per heavy atom. The maximum Gasteiger partial charge on any atom is 0.181 e. The van der Waals surface area contributed by atoms with Crippen LogP contribution in [0.5, 0.6) is 0 Å². The number of Topliss-reactive ketones (excluding diaryl/α,β-unsaturated/α-hetero) is 1. The van der Waals surface area contributed by atoms with Crippen LogP contribution in [0, 0.1) is 5.41 Å². The highest BCUT2D eigenvalue weighted by molar-refractivity contribution is 6.46. The van der Waals surface area contributed by atoms with Gasteiger partial charge in [-0.15, -0.1) is 0 Å². The minimum Gasteiger partial charge on any atom is -0.487 e. The molecule has 4 nitrogen and oxygen atoms in total. The van der Waals surface area contributed by atoms with Crippen LogP contribution in [-0.4, -0.2) is 17.3 Å². The predicted octanol–water partition coefficient (Wildman–Crippen LogP) is 4.78. The summed E-state index contributed by atoms with van der Waals surface area (Å²) in [5, 5.41) is 8.09. The number of ether oxygens (including phenoxy) is 1. The molecule has 0 fully saturated rings. The minimum atomic E-state index is -0.254. The smallest absolute Gasteiger partial charge is 0.181 e. The Labute approximate surface area is 149 Å². The lowest BCUT2D eigenvalue weighted by Gasteiger charge is -2.13. The first-order valence-electron chi connectivity index (χ1n) is 8.34. The normalized spacial score (nSPS) is 14.4. The fourth-order valence-electron chi connectivity index (χ4n) is 2.47. The lowest BCUT2D eigenvalue weighted by Crippen LogP contribution is -2.17. The van der Waals surface area contributed by atoms with Gasteiger partial charge in [-0.05, 0) is 25.3 Å². The molecule has 0 aliphatic heterocycles. The molecular formula is C21H24N2O2. The summed E-state index contributed by atoms with van der Waals surface area (Å²) in [6, 6.07) is 9.64. The summed E-state index contributed by atoms with van der Waals surface area (Å²) in [6.45, 7) is 7.63. The SMILES string of the molecule is C=C(OCc1ccccc1)/C(=N\C(=N)CC1=CC=C(C)CC1)C(C)=O. The fraction of sp³-hybridized carbons (Fsp3) is 0.286. The van der Waals surface area contributed by atoms with Crippen molar-refractivity contribution in [2.45, 2.75) is 39.7 Å². The van der Waals surface area contributed by atoms with Gasteiger partial charge in [0.2, 0.25) is 0 Å². The number of nitrogens with zero attached hydrogens (tertiary/aromatic N) is 1. The van der Waals surface area contributed by atoms with E-state index in [4.69, 9.17) is 10.1 Å². The molecule has 0 saturated heterocycles. The van der Waals surface area contributed by atoms with Crippen LogP contribution in [0.25, 0.3) is 0 Å². The summed E-state index contributed by atoms with van der Waals surface area (Å²) in [5.41, 5.74) is 3.59. The zero-order valence-electron chi connectivity index (χ0n) is 14.8. The van der Waals surface area contributed by atoms with Crippen molar-refractivity contribution < 1.29 is 9.53 Å². The molecule has 1 aliphatic rings. The van der Waals surface area contributed by atoms with Crippen LogP contribution in [0.15, 0.2) is 71.0 Å². The quantitative estimate of drug-likeness (QED) is 0.442. The fourth-order valence-corrected chi connectivity index (χ4v) is 2.47. The van der Waals surface area contributed by atoms with Gasteiger partial charge in [0, 0.05) is 13.3 Å². The van der Waals surface area contributed by atoms with Crippen LogP contribution in [-0.2, 0) is 16.1 Å². The standard InChI is InChI=1S/C21H24N2O2/c1-15-9-11-18(12-10-15)13-20(22)23-21(16(2)24)17(3)25-14-19-7-5-4-6-8-19/h4-9,11,22H,3,10,12-14H2,1-2H3/b22-20?,23-21-. The monoisotopic (exact) mass is 336 g/mol. The largest absolute Gasteiger partial charge is 0.487 e. The van der Waals surface area contributed by atoms with Crippen LogP contribution in [0.2, 0.25) is 0 Å². The summed E-state index contributed by atoms with van der Waals surface area (Å²) in [7, 11) is 0. The number of hydrogen-bond donors (Lipinski definition) is 1. The number of allylic oxidation sites excluding steroid dienone is 4. The van der Waals surface area contributed by atoms with Crippen LogP contribution >= 0.6 is 0 Å². The van der Waals surface area contributed by atoms with E-state index in [1.54, 1.807) is 0 Å². The maximum absolute atomic E-state index is 11.9. The van der Waals surface area contributed by atoms with Crippen LogP contribution in [0.3, 0.4) is 0 Å². The van der Waals surface area contributed by atoms with Crippen molar-refractivity contribution in [1.82, 2.24) is 0 Å². The van der Waals surface area contributed by atoms with Gasteiger partial charge >= 0.3 is 0 Å². The number of carbonyl (C=O) groups is 1. The van der Waals surface area contributed by atoms with Crippen LogP contribution in [0.4, 0.5) is 0 Å². The van der Waals surface area contributed by atoms with E-state index in [9.17, 15) is 4.79 Å². The van der Waals surface area contributed by atoms with E-state index in [1.807, 2.05) is 36.4 Å². The van der Waals surface area contributed by atoms with E-state index in [0.29, 0.717) is 13.0 Å². The molecule has 0 saturated carbocycles. The first-order valence-corrected chi connectivity index (χ1v) is 8.34.